The van der Waals surface area contributed by atoms with Crippen molar-refractivity contribution in [3.8, 4) is 5.69 Å². The van der Waals surface area contributed by atoms with Crippen molar-refractivity contribution in [1.29, 1.82) is 0 Å². The van der Waals surface area contributed by atoms with E-state index in [1.807, 2.05) is 44.0 Å². The number of aromatic nitrogens is 3. The summed E-state index contributed by atoms with van der Waals surface area (Å²) in [5.74, 6) is 0.977. The van der Waals surface area contributed by atoms with Crippen LogP contribution in [0.2, 0.25) is 0 Å². The minimum atomic E-state index is -0.223. The molecule has 0 unspecified atom stereocenters. The first-order valence-electron chi connectivity index (χ1n) is 11.0. The normalized spacial score (nSPS) is 15.4. The first-order valence-corrected chi connectivity index (χ1v) is 11.0. The zero-order chi connectivity index (χ0) is 22.0. The largest absolute Gasteiger partial charge is 0.333 e. The Labute approximate surface area is 184 Å². The van der Waals surface area contributed by atoms with Gasteiger partial charge >= 0.3 is 6.03 Å². The fraction of sp³-hybridized carbons (Fsp3) is 0.458. The van der Waals surface area contributed by atoms with Crippen LogP contribution in [0.5, 0.6) is 0 Å². The number of imidazole rings is 1. The van der Waals surface area contributed by atoms with Crippen LogP contribution >= 0.6 is 0 Å². The smallest absolute Gasteiger partial charge is 0.317 e. The molecule has 31 heavy (non-hydrogen) atoms. The number of piperazine rings is 1. The molecule has 2 amide bonds. The minimum Gasteiger partial charge on any atom is -0.333 e. The molecule has 0 spiro atoms. The van der Waals surface area contributed by atoms with Gasteiger partial charge in [-0.25, -0.2) is 14.8 Å². The number of nitrogens with zero attached hydrogens (tertiary/aromatic N) is 5. The predicted octanol–water partition coefficient (Wildman–Crippen LogP) is 3.61. The highest BCUT2D eigenvalue weighted by Crippen LogP contribution is 2.22. The van der Waals surface area contributed by atoms with E-state index in [1.54, 1.807) is 0 Å². The number of pyridine rings is 1. The van der Waals surface area contributed by atoms with Crippen LogP contribution in [-0.4, -0.2) is 62.1 Å². The average Bonchev–Trinajstić information content (AvgIpc) is 3.11. The van der Waals surface area contributed by atoms with Crippen molar-refractivity contribution < 1.29 is 4.79 Å². The second-order valence-corrected chi connectivity index (χ2v) is 9.17. The predicted molar refractivity (Wildman–Crippen MR) is 123 cm³/mol. The van der Waals surface area contributed by atoms with E-state index in [0.29, 0.717) is 13.1 Å². The molecule has 0 atom stereocenters. The lowest BCUT2D eigenvalue weighted by molar-refractivity contribution is 0.129. The summed E-state index contributed by atoms with van der Waals surface area (Å²) in [7, 11) is 0. The summed E-state index contributed by atoms with van der Waals surface area (Å²) in [6, 6.07) is 12.6. The van der Waals surface area contributed by atoms with E-state index in [9.17, 15) is 4.79 Å². The number of aryl methyl sites for hydroxylation is 1. The molecule has 7 nitrogen and oxygen atoms in total. The maximum absolute atomic E-state index is 12.5. The molecule has 0 bridgehead atoms. The fourth-order valence-corrected chi connectivity index (χ4v) is 3.93. The van der Waals surface area contributed by atoms with Gasteiger partial charge in [0.2, 0.25) is 0 Å². The van der Waals surface area contributed by atoms with E-state index in [0.717, 1.165) is 48.7 Å². The van der Waals surface area contributed by atoms with Crippen molar-refractivity contribution in [2.75, 3.05) is 26.2 Å². The molecule has 164 valence electrons. The quantitative estimate of drug-likeness (QED) is 0.700. The number of fused-ring (bicyclic) bond motifs is 1. The molecule has 1 fully saturated rings. The van der Waals surface area contributed by atoms with Gasteiger partial charge in [0.1, 0.15) is 11.3 Å². The first-order chi connectivity index (χ1) is 14.8. The molecule has 0 radical (unpaired) electrons. The Morgan fingerprint density at radius 3 is 2.42 bits per heavy atom. The zero-order valence-corrected chi connectivity index (χ0v) is 18.9. The molecule has 0 aliphatic carbocycles. The topological polar surface area (TPSA) is 66.3 Å². The summed E-state index contributed by atoms with van der Waals surface area (Å²) in [6.45, 7) is 12.0. The van der Waals surface area contributed by atoms with Crippen molar-refractivity contribution >= 4 is 17.2 Å². The summed E-state index contributed by atoms with van der Waals surface area (Å²) >= 11 is 0. The van der Waals surface area contributed by atoms with Gasteiger partial charge in [0.25, 0.3) is 0 Å². The third-order valence-corrected chi connectivity index (χ3v) is 5.59. The van der Waals surface area contributed by atoms with Crippen LogP contribution < -0.4 is 5.32 Å². The van der Waals surface area contributed by atoms with Gasteiger partial charge in [-0.15, -0.1) is 0 Å². The number of benzene rings is 1. The lowest BCUT2D eigenvalue weighted by atomic mass is 10.1. The van der Waals surface area contributed by atoms with E-state index in [-0.39, 0.29) is 11.6 Å². The second kappa shape index (κ2) is 8.67. The highest BCUT2D eigenvalue weighted by molar-refractivity contribution is 5.75. The number of hydrogen-bond donors (Lipinski definition) is 1. The van der Waals surface area contributed by atoms with E-state index < -0.39 is 0 Å². The molecule has 1 aliphatic heterocycles. The zero-order valence-electron chi connectivity index (χ0n) is 18.9. The SMILES string of the molecule is CCc1ccc(-n2c(CN3CCN(C(=O)NC(C)(C)C)CC3)nc3cccnc32)cc1. The van der Waals surface area contributed by atoms with E-state index >= 15 is 0 Å². The van der Waals surface area contributed by atoms with Crippen LogP contribution in [0.1, 0.15) is 39.1 Å². The summed E-state index contributed by atoms with van der Waals surface area (Å²) in [6.07, 6.45) is 2.83. The van der Waals surface area contributed by atoms with Crippen molar-refractivity contribution in [2.24, 2.45) is 0 Å². The summed E-state index contributed by atoms with van der Waals surface area (Å²) in [4.78, 5) is 26.2. The second-order valence-electron chi connectivity index (χ2n) is 9.17. The highest BCUT2D eigenvalue weighted by Gasteiger charge is 2.25. The van der Waals surface area contributed by atoms with Gasteiger partial charge in [-0.2, -0.15) is 0 Å². The van der Waals surface area contributed by atoms with Crippen LogP contribution in [0.3, 0.4) is 0 Å². The molecule has 7 heteroatoms. The van der Waals surface area contributed by atoms with Crippen molar-refractivity contribution in [2.45, 2.75) is 46.2 Å². The first kappa shape index (κ1) is 21.3. The molecular formula is C24H32N6O. The summed E-state index contributed by atoms with van der Waals surface area (Å²) in [5, 5.41) is 3.05. The third kappa shape index (κ3) is 4.88. The van der Waals surface area contributed by atoms with Crippen LogP contribution in [0.25, 0.3) is 16.9 Å². The van der Waals surface area contributed by atoms with Crippen molar-refractivity contribution in [3.05, 3.63) is 54.0 Å². The van der Waals surface area contributed by atoms with E-state index in [4.69, 9.17) is 4.98 Å². The van der Waals surface area contributed by atoms with Crippen LogP contribution in [0, 0.1) is 0 Å². The number of urea groups is 1. The number of amides is 2. The molecular weight excluding hydrogens is 388 g/mol. The number of carbonyl (C=O) groups excluding carboxylic acids is 1. The monoisotopic (exact) mass is 420 g/mol. The van der Waals surface area contributed by atoms with Gasteiger partial charge in [-0.05, 0) is 57.0 Å². The van der Waals surface area contributed by atoms with Gasteiger partial charge in [0.05, 0.1) is 6.54 Å². The Morgan fingerprint density at radius 1 is 1.06 bits per heavy atom. The van der Waals surface area contributed by atoms with Crippen LogP contribution in [0.4, 0.5) is 4.79 Å². The molecule has 1 aromatic carbocycles. The molecule has 3 heterocycles. The van der Waals surface area contributed by atoms with Crippen molar-refractivity contribution in [3.63, 3.8) is 0 Å². The Morgan fingerprint density at radius 2 is 1.77 bits per heavy atom. The standard InChI is InChI=1S/C24H32N6O/c1-5-18-8-10-19(11-9-18)30-21(26-20-7-6-12-25-22(20)30)17-28-13-15-29(16-14-28)23(31)27-24(2,3)4/h6-12H,5,13-17H2,1-4H3,(H,27,31). The van der Waals surface area contributed by atoms with Crippen LogP contribution in [-0.2, 0) is 13.0 Å². The summed E-state index contributed by atoms with van der Waals surface area (Å²) in [5.41, 5.74) is 3.95. The number of rotatable bonds is 4. The molecule has 1 aliphatic rings. The lowest BCUT2D eigenvalue weighted by Gasteiger charge is -2.36. The Balaban J connectivity index is 1.52. The van der Waals surface area contributed by atoms with Crippen LogP contribution in [0.15, 0.2) is 42.6 Å². The average molecular weight is 421 g/mol. The maximum atomic E-state index is 12.5. The maximum Gasteiger partial charge on any atom is 0.317 e. The lowest BCUT2D eigenvalue weighted by Crippen LogP contribution is -2.54. The van der Waals surface area contributed by atoms with Crippen molar-refractivity contribution in [1.82, 2.24) is 29.7 Å². The number of hydrogen-bond acceptors (Lipinski definition) is 4. The minimum absolute atomic E-state index is 0.0135. The van der Waals surface area contributed by atoms with E-state index in [2.05, 4.69) is 51.0 Å². The molecule has 0 saturated carbocycles. The van der Waals surface area contributed by atoms with E-state index in [1.165, 1.54) is 5.56 Å². The van der Waals surface area contributed by atoms with Gasteiger partial charge in [-0.3, -0.25) is 9.47 Å². The van der Waals surface area contributed by atoms with Gasteiger partial charge in [-0.1, -0.05) is 19.1 Å². The number of nitrogens with one attached hydrogen (secondary N) is 1. The Bertz CT molecular complexity index is 1040. The van der Waals surface area contributed by atoms with Gasteiger partial charge in [0.15, 0.2) is 5.65 Å². The van der Waals surface area contributed by atoms with Gasteiger partial charge in [0, 0.05) is 43.6 Å². The Hall–Kier alpha value is -2.93. The van der Waals surface area contributed by atoms with Gasteiger partial charge < -0.3 is 10.2 Å². The number of carbonyl (C=O) groups is 1. The Kier molecular flexibility index (Phi) is 5.96. The molecule has 3 aromatic rings. The highest BCUT2D eigenvalue weighted by atomic mass is 16.2. The molecule has 2 aromatic heterocycles. The third-order valence-electron chi connectivity index (χ3n) is 5.59. The fourth-order valence-electron chi connectivity index (χ4n) is 3.93. The molecule has 1 N–H and O–H groups in total. The summed E-state index contributed by atoms with van der Waals surface area (Å²) < 4.78 is 2.16. The molecule has 1 saturated heterocycles. The molecule has 4 rings (SSSR count).